The van der Waals surface area contributed by atoms with Crippen LogP contribution in [0.4, 0.5) is 45.2 Å². The molecule has 0 amide bonds. The highest BCUT2D eigenvalue weighted by Gasteiger charge is 2.58. The summed E-state index contributed by atoms with van der Waals surface area (Å²) < 4.78 is 121. The molecule has 0 bridgehead atoms. The molecule has 1 aliphatic heterocycles. The molecule has 34 heavy (non-hydrogen) atoms. The first kappa shape index (κ1) is 27.8. The number of aryl methyl sites for hydroxylation is 1. The Kier molecular flexibility index (Phi) is 8.21. The summed E-state index contributed by atoms with van der Waals surface area (Å²) in [5, 5.41) is 6.30. The van der Waals surface area contributed by atoms with Crippen LogP contribution >= 0.6 is 11.8 Å². The fourth-order valence-electron chi connectivity index (χ4n) is 2.78. The van der Waals surface area contributed by atoms with Crippen LogP contribution in [0.1, 0.15) is 5.56 Å². The number of anilines is 1. The van der Waals surface area contributed by atoms with Gasteiger partial charge in [-0.05, 0) is 31.7 Å². The third-order valence-corrected chi connectivity index (χ3v) is 5.68. The average molecular weight is 522 g/mol. The van der Waals surface area contributed by atoms with Gasteiger partial charge in [0, 0.05) is 11.0 Å². The minimum atomic E-state index is -5.87. The average Bonchev–Trinajstić information content (AvgIpc) is 3.07. The summed E-state index contributed by atoms with van der Waals surface area (Å²) in [4.78, 5) is 0.0513. The molecular formula is C19H19F9N4OS. The van der Waals surface area contributed by atoms with Crippen molar-refractivity contribution in [3.05, 3.63) is 35.5 Å². The van der Waals surface area contributed by atoms with E-state index in [1.807, 2.05) is 0 Å². The van der Waals surface area contributed by atoms with Crippen LogP contribution in [-0.4, -0.2) is 50.0 Å². The second-order valence-electron chi connectivity index (χ2n) is 6.99. The molecule has 0 aromatic heterocycles. The van der Waals surface area contributed by atoms with Gasteiger partial charge in [0.05, 0.1) is 18.0 Å². The highest BCUT2D eigenvalue weighted by Crippen LogP contribution is 2.38. The Balaban J connectivity index is 2.42. The third-order valence-electron chi connectivity index (χ3n) is 4.46. The molecule has 1 heterocycles. The number of halogens is 9. The normalized spacial score (nSPS) is 19.0. The number of benzene rings is 1. The zero-order chi connectivity index (χ0) is 25.9. The van der Waals surface area contributed by atoms with Gasteiger partial charge in [-0.15, -0.1) is 18.2 Å². The van der Waals surface area contributed by atoms with E-state index < -0.39 is 48.1 Å². The summed E-state index contributed by atoms with van der Waals surface area (Å²) in [7, 11) is 1.33. The lowest BCUT2D eigenvalue weighted by molar-refractivity contribution is -0.294. The summed E-state index contributed by atoms with van der Waals surface area (Å²) in [6, 6.07) is 2.02. The number of rotatable bonds is 9. The Bertz CT molecular complexity index is 959. The maximum Gasteiger partial charge on any atom is 0.456 e. The molecular weight excluding hydrogens is 503 g/mol. The fraction of sp³-hybridized carbons (Fsp3) is 0.474. The molecule has 15 heteroatoms. The van der Waals surface area contributed by atoms with Gasteiger partial charge in [0.15, 0.2) is 12.4 Å². The van der Waals surface area contributed by atoms with E-state index in [1.165, 1.54) is 14.0 Å². The predicted octanol–water partition coefficient (Wildman–Crippen LogP) is 4.26. The van der Waals surface area contributed by atoms with E-state index in [-0.39, 0.29) is 22.7 Å². The van der Waals surface area contributed by atoms with Crippen molar-refractivity contribution in [1.82, 2.24) is 16.1 Å². The predicted molar refractivity (Wildman–Crippen MR) is 107 cm³/mol. The fourth-order valence-corrected chi connectivity index (χ4v) is 3.58. The Morgan fingerprint density at radius 3 is 2.35 bits per heavy atom. The Morgan fingerprint density at radius 1 is 1.18 bits per heavy atom. The molecule has 0 saturated carbocycles. The molecule has 1 atom stereocenters. The summed E-state index contributed by atoms with van der Waals surface area (Å²) in [6.07, 6.45) is -4.16. The van der Waals surface area contributed by atoms with Gasteiger partial charge in [0.2, 0.25) is 5.88 Å². The van der Waals surface area contributed by atoms with Gasteiger partial charge in [-0.1, -0.05) is 5.92 Å². The molecule has 0 spiro atoms. The van der Waals surface area contributed by atoms with Crippen molar-refractivity contribution in [2.24, 2.45) is 0 Å². The van der Waals surface area contributed by atoms with Crippen molar-refractivity contribution in [2.75, 3.05) is 31.0 Å². The Labute approximate surface area is 193 Å². The zero-order valence-corrected chi connectivity index (χ0v) is 18.4. The molecule has 190 valence electrons. The van der Waals surface area contributed by atoms with E-state index in [0.29, 0.717) is 11.8 Å². The summed E-state index contributed by atoms with van der Waals surface area (Å²) in [5.74, 6) is -7.49. The quantitative estimate of drug-likeness (QED) is 0.195. The molecule has 1 aliphatic rings. The molecule has 0 fully saturated rings. The molecule has 1 aromatic rings. The van der Waals surface area contributed by atoms with Gasteiger partial charge >= 0.3 is 18.3 Å². The number of thioether (sulfide) groups is 1. The second kappa shape index (κ2) is 10.0. The largest absolute Gasteiger partial charge is 0.471 e. The molecule has 0 aliphatic carbocycles. The highest BCUT2D eigenvalue weighted by atomic mass is 32.2. The third kappa shape index (κ3) is 6.36. The number of hydrogen-bond acceptors (Lipinski definition) is 6. The van der Waals surface area contributed by atoms with Gasteiger partial charge in [0.25, 0.3) is 0 Å². The van der Waals surface area contributed by atoms with Crippen molar-refractivity contribution in [3.63, 3.8) is 0 Å². The SMILES string of the molecule is C#CCNC1(NC)C=C(OCC(F)(F)C(F)(F)F)NN1c1cc(SCC(F)(F)F)c(C)cc1F. The lowest BCUT2D eigenvalue weighted by Gasteiger charge is -2.38. The van der Waals surface area contributed by atoms with Gasteiger partial charge < -0.3 is 4.74 Å². The number of ether oxygens (including phenoxy) is 1. The van der Waals surface area contributed by atoms with E-state index in [9.17, 15) is 39.5 Å². The first-order valence-corrected chi connectivity index (χ1v) is 10.3. The lowest BCUT2D eigenvalue weighted by Crippen LogP contribution is -2.66. The molecule has 2 rings (SSSR count). The number of alkyl halides is 8. The van der Waals surface area contributed by atoms with Crippen LogP contribution in [0.2, 0.25) is 0 Å². The Morgan fingerprint density at radius 2 is 1.82 bits per heavy atom. The highest BCUT2D eigenvalue weighted by molar-refractivity contribution is 7.99. The number of nitrogens with zero attached hydrogens (tertiary/aromatic N) is 1. The van der Waals surface area contributed by atoms with Crippen LogP contribution in [0, 0.1) is 25.1 Å². The standard InChI is InChI=1S/C19H19F9N4OS/c1-4-5-30-18(29-3)8-15(33-9-16(21,22)19(26,27)28)31-32(18)13-7-14(11(2)6-12(13)20)34-10-17(23,24)25/h1,6-8,29-31H,5,9-10H2,2-3H3. The monoisotopic (exact) mass is 522 g/mol. The first-order chi connectivity index (χ1) is 15.5. The zero-order valence-electron chi connectivity index (χ0n) is 17.6. The topological polar surface area (TPSA) is 48.6 Å². The molecule has 0 radical (unpaired) electrons. The second-order valence-corrected chi connectivity index (χ2v) is 8.01. The maximum atomic E-state index is 14.9. The van der Waals surface area contributed by atoms with Gasteiger partial charge in [-0.2, -0.15) is 35.1 Å². The minimum Gasteiger partial charge on any atom is -0.471 e. The van der Waals surface area contributed by atoms with Crippen molar-refractivity contribution >= 4 is 17.4 Å². The molecule has 5 nitrogen and oxygen atoms in total. The molecule has 1 unspecified atom stereocenters. The van der Waals surface area contributed by atoms with Gasteiger partial charge in [-0.3, -0.25) is 16.1 Å². The van der Waals surface area contributed by atoms with Crippen molar-refractivity contribution in [3.8, 4) is 12.3 Å². The van der Waals surface area contributed by atoms with Crippen molar-refractivity contribution < 1.29 is 44.3 Å². The van der Waals surface area contributed by atoms with E-state index in [0.717, 1.165) is 23.2 Å². The van der Waals surface area contributed by atoms with Crippen LogP contribution in [0.25, 0.3) is 0 Å². The van der Waals surface area contributed by atoms with Crippen molar-refractivity contribution in [1.29, 1.82) is 0 Å². The van der Waals surface area contributed by atoms with Crippen LogP contribution < -0.4 is 21.1 Å². The minimum absolute atomic E-state index is 0.0513. The van der Waals surface area contributed by atoms with Crippen LogP contribution in [0.3, 0.4) is 0 Å². The molecule has 0 saturated heterocycles. The van der Waals surface area contributed by atoms with E-state index in [2.05, 4.69) is 26.7 Å². The number of likely N-dealkylation sites (N-methyl/N-ethyl adjacent to an activating group) is 1. The van der Waals surface area contributed by atoms with Gasteiger partial charge in [0.1, 0.15) is 5.82 Å². The summed E-state index contributed by atoms with van der Waals surface area (Å²) in [6.45, 7) is -0.886. The van der Waals surface area contributed by atoms with Crippen molar-refractivity contribution in [2.45, 2.75) is 35.9 Å². The lowest BCUT2D eigenvalue weighted by atomic mass is 10.2. The van der Waals surface area contributed by atoms with Crippen LogP contribution in [-0.2, 0) is 4.74 Å². The Hall–Kier alpha value is -2.44. The number of hydrazine groups is 1. The van der Waals surface area contributed by atoms with E-state index in [1.54, 1.807) is 0 Å². The molecule has 3 N–H and O–H groups in total. The van der Waals surface area contributed by atoms with Crippen LogP contribution in [0.15, 0.2) is 29.0 Å². The maximum absolute atomic E-state index is 14.9. The molecule has 1 aromatic carbocycles. The number of hydrogen-bond donors (Lipinski definition) is 3. The summed E-state index contributed by atoms with van der Waals surface area (Å²) in [5.41, 5.74) is 2.17. The van der Waals surface area contributed by atoms with Crippen LogP contribution in [0.5, 0.6) is 0 Å². The smallest absolute Gasteiger partial charge is 0.456 e. The number of terminal acetylenes is 1. The number of nitrogens with one attached hydrogen (secondary N) is 3. The van der Waals surface area contributed by atoms with E-state index >= 15 is 0 Å². The summed E-state index contributed by atoms with van der Waals surface area (Å²) >= 11 is 0.387. The van der Waals surface area contributed by atoms with E-state index in [4.69, 9.17) is 6.42 Å². The first-order valence-electron chi connectivity index (χ1n) is 9.29. The van der Waals surface area contributed by atoms with Gasteiger partial charge in [-0.25, -0.2) is 9.40 Å².